The van der Waals surface area contributed by atoms with Crippen molar-refractivity contribution in [1.29, 1.82) is 0 Å². The maximum Gasteiger partial charge on any atom is 0.106 e. The summed E-state index contributed by atoms with van der Waals surface area (Å²) < 4.78 is 0. The summed E-state index contributed by atoms with van der Waals surface area (Å²) in [5, 5.41) is 4.26. The maximum atomic E-state index is 5.01. The van der Waals surface area contributed by atoms with E-state index in [4.69, 9.17) is 4.84 Å². The summed E-state index contributed by atoms with van der Waals surface area (Å²) >= 11 is 0. The third kappa shape index (κ3) is 3.59. The quantitative estimate of drug-likeness (QED) is 0.580. The predicted octanol–water partition coefficient (Wildman–Crippen LogP) is 4.12. The minimum Gasteiger partial charge on any atom is -0.399 e. The molecule has 0 bridgehead atoms. The average molecular weight is 245 g/mol. The van der Waals surface area contributed by atoms with Crippen molar-refractivity contribution in [1.82, 2.24) is 0 Å². The van der Waals surface area contributed by atoms with Gasteiger partial charge in [-0.05, 0) is 38.2 Å². The first-order valence-corrected chi connectivity index (χ1v) is 6.95. The van der Waals surface area contributed by atoms with E-state index in [-0.39, 0.29) is 0 Å². The predicted molar refractivity (Wildman–Crippen MR) is 75.9 cm³/mol. The van der Waals surface area contributed by atoms with Gasteiger partial charge in [0.05, 0.1) is 5.71 Å². The Balaban J connectivity index is 2.08. The molecule has 98 valence electrons. The number of hydrogen-bond donors (Lipinski definition) is 0. The second-order valence-corrected chi connectivity index (χ2v) is 5.25. The first kappa shape index (κ1) is 13.1. The standard InChI is InChI=1S/C16H23NO/c1-13-8-10-14(11-9-13)12-15-6-4-3-5-7-16(15)17-18-2/h8-11,15H,3-7,12H2,1-2H3/b17-16+. The van der Waals surface area contributed by atoms with Crippen LogP contribution in [0, 0.1) is 12.8 Å². The summed E-state index contributed by atoms with van der Waals surface area (Å²) in [5.41, 5.74) is 4.00. The van der Waals surface area contributed by atoms with Crippen molar-refractivity contribution in [3.05, 3.63) is 35.4 Å². The molecule has 1 aliphatic carbocycles. The minimum atomic E-state index is 0.565. The number of rotatable bonds is 3. The summed E-state index contributed by atoms with van der Waals surface area (Å²) in [7, 11) is 1.65. The smallest absolute Gasteiger partial charge is 0.106 e. The van der Waals surface area contributed by atoms with Crippen LogP contribution >= 0.6 is 0 Å². The van der Waals surface area contributed by atoms with Crippen molar-refractivity contribution in [2.75, 3.05) is 7.11 Å². The summed E-state index contributed by atoms with van der Waals surface area (Å²) in [6.07, 6.45) is 7.35. The van der Waals surface area contributed by atoms with E-state index in [1.54, 1.807) is 7.11 Å². The van der Waals surface area contributed by atoms with Crippen LogP contribution in [0.15, 0.2) is 29.4 Å². The molecule has 2 rings (SSSR count). The van der Waals surface area contributed by atoms with Crippen molar-refractivity contribution >= 4 is 5.71 Å². The molecule has 1 aromatic carbocycles. The molecule has 1 fully saturated rings. The van der Waals surface area contributed by atoms with Gasteiger partial charge in [-0.15, -0.1) is 0 Å². The van der Waals surface area contributed by atoms with Crippen LogP contribution in [0.25, 0.3) is 0 Å². The van der Waals surface area contributed by atoms with Gasteiger partial charge in [-0.25, -0.2) is 0 Å². The van der Waals surface area contributed by atoms with Gasteiger partial charge < -0.3 is 4.84 Å². The van der Waals surface area contributed by atoms with Crippen LogP contribution in [0.3, 0.4) is 0 Å². The number of oxime groups is 1. The molecule has 1 aromatic rings. The zero-order valence-electron chi connectivity index (χ0n) is 11.5. The van der Waals surface area contributed by atoms with Gasteiger partial charge in [0.1, 0.15) is 7.11 Å². The van der Waals surface area contributed by atoms with Gasteiger partial charge in [0.15, 0.2) is 0 Å². The van der Waals surface area contributed by atoms with E-state index >= 15 is 0 Å². The topological polar surface area (TPSA) is 21.6 Å². The molecule has 1 aliphatic rings. The van der Waals surface area contributed by atoms with Gasteiger partial charge in [0, 0.05) is 5.92 Å². The molecular formula is C16H23NO. The van der Waals surface area contributed by atoms with E-state index in [0.717, 1.165) is 12.8 Å². The fourth-order valence-electron chi connectivity index (χ4n) is 2.71. The van der Waals surface area contributed by atoms with Gasteiger partial charge in [0.2, 0.25) is 0 Å². The molecule has 0 aromatic heterocycles. The molecule has 0 heterocycles. The van der Waals surface area contributed by atoms with E-state index in [9.17, 15) is 0 Å². The summed E-state index contributed by atoms with van der Waals surface area (Å²) in [4.78, 5) is 5.01. The molecule has 1 saturated carbocycles. The Morgan fingerprint density at radius 2 is 1.94 bits per heavy atom. The highest BCUT2D eigenvalue weighted by atomic mass is 16.6. The third-order valence-corrected chi connectivity index (χ3v) is 3.77. The van der Waals surface area contributed by atoms with Crippen LogP contribution in [0.2, 0.25) is 0 Å². The van der Waals surface area contributed by atoms with E-state index in [2.05, 4.69) is 36.3 Å². The molecule has 2 nitrogen and oxygen atoms in total. The average Bonchev–Trinajstić information content (AvgIpc) is 2.59. The lowest BCUT2D eigenvalue weighted by atomic mass is 9.90. The Morgan fingerprint density at radius 3 is 2.67 bits per heavy atom. The maximum absolute atomic E-state index is 5.01. The Kier molecular flexibility index (Phi) is 4.80. The van der Waals surface area contributed by atoms with Gasteiger partial charge >= 0.3 is 0 Å². The minimum absolute atomic E-state index is 0.565. The lowest BCUT2D eigenvalue weighted by Crippen LogP contribution is -2.16. The monoisotopic (exact) mass is 245 g/mol. The second-order valence-electron chi connectivity index (χ2n) is 5.25. The summed E-state index contributed by atoms with van der Waals surface area (Å²) in [6.45, 7) is 2.13. The van der Waals surface area contributed by atoms with Crippen molar-refractivity contribution in [3.8, 4) is 0 Å². The highest BCUT2D eigenvalue weighted by molar-refractivity contribution is 5.86. The van der Waals surface area contributed by atoms with Crippen LogP contribution < -0.4 is 0 Å². The van der Waals surface area contributed by atoms with Crippen LogP contribution in [-0.4, -0.2) is 12.8 Å². The molecule has 0 N–H and O–H groups in total. The zero-order valence-corrected chi connectivity index (χ0v) is 11.5. The Labute approximate surface area is 110 Å². The van der Waals surface area contributed by atoms with Crippen LogP contribution in [-0.2, 0) is 11.3 Å². The van der Waals surface area contributed by atoms with Gasteiger partial charge in [-0.2, -0.15) is 0 Å². The summed E-state index contributed by atoms with van der Waals surface area (Å²) in [6, 6.07) is 8.87. The molecule has 0 radical (unpaired) electrons. The highest BCUT2D eigenvalue weighted by Crippen LogP contribution is 2.24. The van der Waals surface area contributed by atoms with E-state index in [0.29, 0.717) is 5.92 Å². The fourth-order valence-corrected chi connectivity index (χ4v) is 2.71. The van der Waals surface area contributed by atoms with Crippen molar-refractivity contribution in [3.63, 3.8) is 0 Å². The van der Waals surface area contributed by atoms with Crippen molar-refractivity contribution < 1.29 is 4.84 Å². The van der Waals surface area contributed by atoms with Crippen molar-refractivity contribution in [2.45, 2.75) is 45.4 Å². The second kappa shape index (κ2) is 6.58. The Morgan fingerprint density at radius 1 is 1.17 bits per heavy atom. The number of benzene rings is 1. The molecule has 2 heteroatoms. The number of aryl methyl sites for hydroxylation is 1. The Bertz CT molecular complexity index is 394. The normalized spacial score (nSPS) is 22.8. The third-order valence-electron chi connectivity index (χ3n) is 3.77. The van der Waals surface area contributed by atoms with Crippen LogP contribution in [0.4, 0.5) is 0 Å². The van der Waals surface area contributed by atoms with Crippen LogP contribution in [0.1, 0.15) is 43.2 Å². The molecule has 0 aliphatic heterocycles. The molecule has 0 spiro atoms. The van der Waals surface area contributed by atoms with Crippen molar-refractivity contribution in [2.24, 2.45) is 11.1 Å². The lowest BCUT2D eigenvalue weighted by Gasteiger charge is -2.16. The highest BCUT2D eigenvalue weighted by Gasteiger charge is 2.20. The lowest BCUT2D eigenvalue weighted by molar-refractivity contribution is 0.210. The largest absolute Gasteiger partial charge is 0.399 e. The first-order chi connectivity index (χ1) is 8.79. The molecule has 1 atom stereocenters. The molecular weight excluding hydrogens is 222 g/mol. The molecule has 0 saturated heterocycles. The molecule has 0 amide bonds. The SMILES string of the molecule is CO/N=C1\CCCCCC1Cc1ccc(C)cc1. The number of nitrogens with zero attached hydrogens (tertiary/aromatic N) is 1. The molecule has 18 heavy (non-hydrogen) atoms. The fraction of sp³-hybridized carbons (Fsp3) is 0.562. The first-order valence-electron chi connectivity index (χ1n) is 6.95. The van der Waals surface area contributed by atoms with Crippen LogP contribution in [0.5, 0.6) is 0 Å². The van der Waals surface area contributed by atoms with Gasteiger partial charge in [-0.3, -0.25) is 0 Å². The van der Waals surface area contributed by atoms with Gasteiger partial charge in [0.25, 0.3) is 0 Å². The zero-order chi connectivity index (χ0) is 12.8. The number of hydrogen-bond acceptors (Lipinski definition) is 2. The Hall–Kier alpha value is -1.31. The van der Waals surface area contributed by atoms with E-state index in [1.807, 2.05) is 0 Å². The van der Waals surface area contributed by atoms with E-state index in [1.165, 1.54) is 42.5 Å². The van der Waals surface area contributed by atoms with E-state index < -0.39 is 0 Å². The van der Waals surface area contributed by atoms with Gasteiger partial charge in [-0.1, -0.05) is 47.8 Å². The molecule has 1 unspecified atom stereocenters. The summed E-state index contributed by atoms with van der Waals surface area (Å²) in [5.74, 6) is 0.565.